The van der Waals surface area contributed by atoms with E-state index in [1.54, 1.807) is 0 Å². The van der Waals surface area contributed by atoms with Gasteiger partial charge in [0, 0.05) is 11.8 Å². The molecule has 4 saturated carbocycles. The Morgan fingerprint density at radius 1 is 1.17 bits per heavy atom. The normalized spacial score (nSPS) is 45.6. The lowest BCUT2D eigenvalue weighted by molar-refractivity contribution is -0.189. The largest absolute Gasteiger partial charge is 0.451 e. The average molecular weight is 309 g/mol. The highest BCUT2D eigenvalue weighted by Gasteiger charge is 2.71. The van der Waals surface area contributed by atoms with E-state index in [1.807, 2.05) is 18.2 Å². The number of rotatable bonds is 1. The zero-order valence-electron chi connectivity index (χ0n) is 14.0. The van der Waals surface area contributed by atoms with Crippen LogP contribution in [0.5, 0.6) is 0 Å². The maximum atomic E-state index is 12.9. The molecule has 1 heterocycles. The Hall–Kier alpha value is -1.64. The van der Waals surface area contributed by atoms with E-state index in [9.17, 15) is 4.79 Å². The summed E-state index contributed by atoms with van der Waals surface area (Å²) >= 11 is 0. The van der Waals surface area contributed by atoms with Crippen LogP contribution < -0.4 is 0 Å². The highest BCUT2D eigenvalue weighted by Crippen LogP contribution is 2.66. The molecule has 5 aliphatic rings. The van der Waals surface area contributed by atoms with Crippen LogP contribution >= 0.6 is 0 Å². The van der Waals surface area contributed by atoms with E-state index in [0.717, 1.165) is 18.6 Å². The molecule has 2 bridgehead atoms. The van der Waals surface area contributed by atoms with Gasteiger partial charge in [-0.25, -0.2) is 4.79 Å². The minimum atomic E-state index is -0.621. The SMILES string of the molecule is CC1(C)[C@H]2CC3=N[C@]4(C[C@H]4c4ccccc4)C(=O)O[C@]3(C)[C@@H]1C2. The van der Waals surface area contributed by atoms with Crippen molar-refractivity contribution in [3.63, 3.8) is 0 Å². The fourth-order valence-electron chi connectivity index (χ4n) is 5.47. The highest BCUT2D eigenvalue weighted by atomic mass is 16.6. The lowest BCUT2D eigenvalue weighted by atomic mass is 9.43. The number of aliphatic imine (C=N–C) groups is 1. The third-order valence-electron chi connectivity index (χ3n) is 7.27. The molecule has 5 atom stereocenters. The molecule has 4 fully saturated rings. The van der Waals surface area contributed by atoms with Crippen LogP contribution in [0.25, 0.3) is 0 Å². The van der Waals surface area contributed by atoms with Crippen LogP contribution in [0.1, 0.15) is 51.5 Å². The fourth-order valence-corrected chi connectivity index (χ4v) is 5.47. The maximum absolute atomic E-state index is 12.9. The Morgan fingerprint density at radius 2 is 1.91 bits per heavy atom. The van der Waals surface area contributed by atoms with Crippen LogP contribution in [0.2, 0.25) is 0 Å². The van der Waals surface area contributed by atoms with Crippen molar-refractivity contribution in [2.24, 2.45) is 22.2 Å². The van der Waals surface area contributed by atoms with Gasteiger partial charge >= 0.3 is 5.97 Å². The first-order valence-electron chi connectivity index (χ1n) is 8.75. The molecule has 120 valence electrons. The molecule has 0 N–H and O–H groups in total. The smallest absolute Gasteiger partial charge is 0.335 e. The average Bonchev–Trinajstić information content (AvgIpc) is 3.24. The monoisotopic (exact) mass is 309 g/mol. The molecular formula is C20H23NO2. The van der Waals surface area contributed by atoms with Crippen LogP contribution in [-0.4, -0.2) is 22.8 Å². The zero-order valence-corrected chi connectivity index (χ0v) is 14.0. The Morgan fingerprint density at radius 3 is 2.61 bits per heavy atom. The second kappa shape index (κ2) is 3.88. The van der Waals surface area contributed by atoms with Gasteiger partial charge in [0.15, 0.2) is 11.1 Å². The van der Waals surface area contributed by atoms with Gasteiger partial charge in [-0.15, -0.1) is 0 Å². The third kappa shape index (κ3) is 1.51. The van der Waals surface area contributed by atoms with E-state index < -0.39 is 11.1 Å². The number of carbonyl (C=O) groups is 1. The van der Waals surface area contributed by atoms with Gasteiger partial charge in [0.1, 0.15) is 0 Å². The van der Waals surface area contributed by atoms with Crippen molar-refractivity contribution in [2.75, 3.05) is 0 Å². The van der Waals surface area contributed by atoms with Gasteiger partial charge in [-0.2, -0.15) is 0 Å². The Kier molecular flexibility index (Phi) is 2.32. The van der Waals surface area contributed by atoms with Gasteiger partial charge in [-0.05, 0) is 43.1 Å². The summed E-state index contributed by atoms with van der Waals surface area (Å²) in [5.41, 5.74) is 1.53. The van der Waals surface area contributed by atoms with Crippen LogP contribution in [-0.2, 0) is 9.53 Å². The van der Waals surface area contributed by atoms with Crippen molar-refractivity contribution >= 4 is 11.7 Å². The van der Waals surface area contributed by atoms with Gasteiger partial charge in [0.05, 0.1) is 5.71 Å². The molecule has 3 heteroatoms. The summed E-state index contributed by atoms with van der Waals surface area (Å²) in [4.78, 5) is 17.9. The number of ether oxygens (including phenoxy) is 1. The van der Waals surface area contributed by atoms with Crippen molar-refractivity contribution in [1.82, 2.24) is 0 Å². The molecule has 4 aliphatic carbocycles. The summed E-state index contributed by atoms with van der Waals surface area (Å²) < 4.78 is 6.12. The van der Waals surface area contributed by atoms with E-state index in [0.29, 0.717) is 11.8 Å². The zero-order chi connectivity index (χ0) is 16.0. The van der Waals surface area contributed by atoms with Crippen LogP contribution in [0, 0.1) is 17.3 Å². The fraction of sp³-hybridized carbons (Fsp3) is 0.600. The maximum Gasteiger partial charge on any atom is 0.335 e. The molecule has 0 amide bonds. The van der Waals surface area contributed by atoms with Crippen molar-refractivity contribution in [1.29, 1.82) is 0 Å². The molecule has 23 heavy (non-hydrogen) atoms. The number of carbonyl (C=O) groups excluding carboxylic acids is 1. The summed E-state index contributed by atoms with van der Waals surface area (Å²) in [6.07, 6.45) is 2.97. The molecule has 0 unspecified atom stereocenters. The number of hydrogen-bond donors (Lipinski definition) is 0. The van der Waals surface area contributed by atoms with E-state index in [2.05, 4.69) is 32.9 Å². The van der Waals surface area contributed by atoms with Gasteiger partial charge < -0.3 is 4.74 Å². The Balaban J connectivity index is 1.54. The summed E-state index contributed by atoms with van der Waals surface area (Å²) in [5.74, 6) is 1.21. The lowest BCUT2D eigenvalue weighted by Crippen LogP contribution is -2.68. The van der Waals surface area contributed by atoms with Gasteiger partial charge in [-0.1, -0.05) is 44.2 Å². The van der Waals surface area contributed by atoms with Crippen LogP contribution in [0.4, 0.5) is 0 Å². The standard InChI is InChI=1S/C20H23NO2/c1-18(2)13-9-15(18)19(3)16(10-13)21-20(17(22)23-19)11-14(20)12-7-5-4-6-8-12/h4-8,13-15H,9-11H2,1-3H3/t13-,14+,15-,19-,20+/m1/s1. The lowest BCUT2D eigenvalue weighted by Gasteiger charge is -2.64. The number of hydrogen-bond acceptors (Lipinski definition) is 3. The summed E-state index contributed by atoms with van der Waals surface area (Å²) in [7, 11) is 0. The number of nitrogens with zero attached hydrogens (tertiary/aromatic N) is 1. The molecule has 0 aromatic heterocycles. The predicted octanol–water partition coefficient (Wildman–Crippen LogP) is 3.74. The number of esters is 1. The molecule has 1 spiro atoms. The van der Waals surface area contributed by atoms with Crippen molar-refractivity contribution in [3.8, 4) is 0 Å². The van der Waals surface area contributed by atoms with Crippen molar-refractivity contribution < 1.29 is 9.53 Å². The second-order valence-electron chi connectivity index (χ2n) is 8.66. The summed E-state index contributed by atoms with van der Waals surface area (Å²) in [6, 6.07) is 10.3. The topological polar surface area (TPSA) is 38.7 Å². The van der Waals surface area contributed by atoms with Crippen LogP contribution in [0.3, 0.4) is 0 Å². The van der Waals surface area contributed by atoms with E-state index in [-0.39, 0.29) is 17.3 Å². The molecular weight excluding hydrogens is 286 g/mol. The second-order valence-corrected chi connectivity index (χ2v) is 8.66. The van der Waals surface area contributed by atoms with Crippen molar-refractivity contribution in [2.45, 2.75) is 57.1 Å². The first-order chi connectivity index (χ1) is 10.9. The predicted molar refractivity (Wildman–Crippen MR) is 88.5 cm³/mol. The third-order valence-corrected chi connectivity index (χ3v) is 7.27. The van der Waals surface area contributed by atoms with E-state index >= 15 is 0 Å². The Bertz CT molecular complexity index is 737. The van der Waals surface area contributed by atoms with Gasteiger partial charge in [0.2, 0.25) is 0 Å². The van der Waals surface area contributed by atoms with Gasteiger partial charge in [-0.3, -0.25) is 4.99 Å². The molecule has 0 saturated heterocycles. The Labute approximate surface area is 137 Å². The van der Waals surface area contributed by atoms with Gasteiger partial charge in [0.25, 0.3) is 0 Å². The quantitative estimate of drug-likeness (QED) is 0.741. The molecule has 1 aromatic rings. The van der Waals surface area contributed by atoms with E-state index in [4.69, 9.17) is 9.73 Å². The molecule has 3 nitrogen and oxygen atoms in total. The molecule has 1 aromatic carbocycles. The minimum absolute atomic E-state index is 0.0984. The van der Waals surface area contributed by atoms with E-state index in [1.165, 1.54) is 12.0 Å². The molecule has 1 aliphatic heterocycles. The van der Waals surface area contributed by atoms with Crippen molar-refractivity contribution in [3.05, 3.63) is 35.9 Å². The first kappa shape index (κ1) is 13.8. The highest BCUT2D eigenvalue weighted by molar-refractivity contribution is 6.04. The summed E-state index contributed by atoms with van der Waals surface area (Å²) in [6.45, 7) is 6.73. The minimum Gasteiger partial charge on any atom is -0.451 e. The first-order valence-corrected chi connectivity index (χ1v) is 8.75. The number of benzene rings is 1. The summed E-state index contributed by atoms with van der Waals surface area (Å²) in [5, 5.41) is 0. The molecule has 0 radical (unpaired) electrons. The van der Waals surface area contributed by atoms with Crippen LogP contribution in [0.15, 0.2) is 35.3 Å². The molecule has 6 rings (SSSR count).